The number of aliphatic hydroxyl groups is 2. The first-order valence-corrected chi connectivity index (χ1v) is 5.24. The lowest BCUT2D eigenvalue weighted by molar-refractivity contribution is 0.183. The molecule has 0 aromatic carbocycles. The highest BCUT2D eigenvalue weighted by molar-refractivity contribution is 5.27. The molecule has 0 atom stereocenters. The maximum absolute atomic E-state index is 9.01. The number of pyridine rings is 1. The molecule has 0 aliphatic carbocycles. The van der Waals surface area contributed by atoms with Crippen molar-refractivity contribution in [1.29, 1.82) is 0 Å². The molecule has 82 valence electrons. The Bertz CT molecular complexity index is 341. The van der Waals surface area contributed by atoms with Crippen LogP contribution in [0.5, 0.6) is 0 Å². The van der Waals surface area contributed by atoms with Gasteiger partial charge in [-0.3, -0.25) is 9.88 Å². The topological polar surface area (TPSA) is 56.6 Å². The first kappa shape index (κ1) is 10.5. The van der Waals surface area contributed by atoms with Gasteiger partial charge in [0.1, 0.15) is 0 Å². The zero-order chi connectivity index (χ0) is 10.7. The van der Waals surface area contributed by atoms with E-state index in [1.165, 1.54) is 5.56 Å². The van der Waals surface area contributed by atoms with Crippen molar-refractivity contribution in [3.63, 3.8) is 0 Å². The third-order valence-corrected chi connectivity index (χ3v) is 2.77. The molecule has 2 heterocycles. The van der Waals surface area contributed by atoms with Crippen molar-refractivity contribution in [1.82, 2.24) is 9.88 Å². The van der Waals surface area contributed by atoms with Gasteiger partial charge in [-0.15, -0.1) is 0 Å². The first-order valence-electron chi connectivity index (χ1n) is 5.24. The Labute approximate surface area is 89.2 Å². The van der Waals surface area contributed by atoms with Crippen LogP contribution in [-0.2, 0) is 19.6 Å². The van der Waals surface area contributed by atoms with E-state index in [1.807, 2.05) is 6.07 Å². The zero-order valence-corrected chi connectivity index (χ0v) is 8.69. The maximum Gasteiger partial charge on any atom is 0.0696 e. The van der Waals surface area contributed by atoms with E-state index in [-0.39, 0.29) is 13.2 Å². The monoisotopic (exact) mass is 208 g/mol. The van der Waals surface area contributed by atoms with E-state index in [4.69, 9.17) is 10.2 Å². The molecular weight excluding hydrogens is 192 g/mol. The second-order valence-electron chi connectivity index (χ2n) is 3.86. The average molecular weight is 208 g/mol. The predicted octanol–water partition coefficient (Wildman–Crippen LogP) is -0.0757. The number of hydrogen-bond acceptors (Lipinski definition) is 4. The quantitative estimate of drug-likeness (QED) is 0.729. The van der Waals surface area contributed by atoms with Crippen molar-refractivity contribution < 1.29 is 10.2 Å². The molecule has 0 amide bonds. The lowest BCUT2D eigenvalue weighted by Gasteiger charge is -2.27. The van der Waals surface area contributed by atoms with Crippen LogP contribution in [0.1, 0.15) is 16.8 Å². The van der Waals surface area contributed by atoms with Crippen LogP contribution in [0.3, 0.4) is 0 Å². The molecule has 0 spiro atoms. The summed E-state index contributed by atoms with van der Waals surface area (Å²) in [5.74, 6) is 0. The number of β-amino-alcohol motifs (C(OH)–C–C–N with tert-alkyl or cyclic N) is 1. The summed E-state index contributed by atoms with van der Waals surface area (Å²) in [5.41, 5.74) is 3.17. The third kappa shape index (κ3) is 2.34. The van der Waals surface area contributed by atoms with E-state index >= 15 is 0 Å². The van der Waals surface area contributed by atoms with Crippen LogP contribution in [0, 0.1) is 0 Å². The largest absolute Gasteiger partial charge is 0.395 e. The van der Waals surface area contributed by atoms with Crippen LogP contribution in [0.4, 0.5) is 0 Å². The third-order valence-electron chi connectivity index (χ3n) is 2.77. The van der Waals surface area contributed by atoms with Crippen LogP contribution < -0.4 is 0 Å². The van der Waals surface area contributed by atoms with Crippen molar-refractivity contribution >= 4 is 0 Å². The molecule has 1 aliphatic heterocycles. The molecule has 0 saturated heterocycles. The number of aliphatic hydroxyl groups excluding tert-OH is 2. The van der Waals surface area contributed by atoms with E-state index in [0.717, 1.165) is 30.8 Å². The fourth-order valence-corrected chi connectivity index (χ4v) is 1.95. The van der Waals surface area contributed by atoms with Crippen LogP contribution >= 0.6 is 0 Å². The highest BCUT2D eigenvalue weighted by Crippen LogP contribution is 2.17. The zero-order valence-electron chi connectivity index (χ0n) is 8.69. The molecule has 1 aromatic rings. The van der Waals surface area contributed by atoms with Gasteiger partial charge in [0.05, 0.1) is 13.2 Å². The fraction of sp³-hybridized carbons (Fsp3) is 0.545. The molecule has 1 aromatic heterocycles. The minimum atomic E-state index is 0.0419. The molecule has 4 heteroatoms. The number of fused-ring (bicyclic) bond motifs is 1. The number of aromatic nitrogens is 1. The summed E-state index contributed by atoms with van der Waals surface area (Å²) in [5, 5.41) is 17.9. The van der Waals surface area contributed by atoms with Crippen LogP contribution in [0.2, 0.25) is 0 Å². The van der Waals surface area contributed by atoms with Crippen molar-refractivity contribution in [3.05, 3.63) is 29.1 Å². The first-order chi connectivity index (χ1) is 7.33. The van der Waals surface area contributed by atoms with Gasteiger partial charge in [0, 0.05) is 37.9 Å². The Kier molecular flexibility index (Phi) is 3.30. The highest BCUT2D eigenvalue weighted by Gasteiger charge is 2.16. The van der Waals surface area contributed by atoms with Crippen molar-refractivity contribution in [2.45, 2.75) is 19.6 Å². The Hall–Kier alpha value is -0.970. The molecule has 1 aliphatic rings. The summed E-state index contributed by atoms with van der Waals surface area (Å²) in [7, 11) is 0. The summed E-state index contributed by atoms with van der Waals surface area (Å²) in [6.07, 6.45) is 2.67. The minimum absolute atomic E-state index is 0.0419. The normalized spacial score (nSPS) is 16.4. The van der Waals surface area contributed by atoms with Gasteiger partial charge in [-0.25, -0.2) is 0 Å². The molecule has 2 N–H and O–H groups in total. The molecule has 0 unspecified atom stereocenters. The van der Waals surface area contributed by atoms with Gasteiger partial charge < -0.3 is 10.2 Å². The van der Waals surface area contributed by atoms with Gasteiger partial charge in [0.25, 0.3) is 0 Å². The van der Waals surface area contributed by atoms with Crippen molar-refractivity contribution in [2.75, 3.05) is 19.7 Å². The molecule has 0 fully saturated rings. The van der Waals surface area contributed by atoms with Gasteiger partial charge in [0.2, 0.25) is 0 Å². The minimum Gasteiger partial charge on any atom is -0.395 e. The Morgan fingerprint density at radius 3 is 3.00 bits per heavy atom. The fourth-order valence-electron chi connectivity index (χ4n) is 1.95. The SMILES string of the molecule is OCCN1CCc2ncc(CO)cc2C1. The summed E-state index contributed by atoms with van der Waals surface area (Å²) in [6.45, 7) is 2.74. The van der Waals surface area contributed by atoms with E-state index in [1.54, 1.807) is 6.20 Å². The summed E-state index contributed by atoms with van der Waals surface area (Å²) < 4.78 is 0. The number of hydrogen-bond donors (Lipinski definition) is 2. The van der Waals surface area contributed by atoms with E-state index in [2.05, 4.69) is 9.88 Å². The molecule has 0 bridgehead atoms. The molecule has 2 rings (SSSR count). The Morgan fingerprint density at radius 2 is 2.27 bits per heavy atom. The van der Waals surface area contributed by atoms with Crippen molar-refractivity contribution in [3.8, 4) is 0 Å². The lowest BCUT2D eigenvalue weighted by Crippen LogP contribution is -2.33. The van der Waals surface area contributed by atoms with Crippen LogP contribution in [0.15, 0.2) is 12.3 Å². The van der Waals surface area contributed by atoms with Crippen LogP contribution in [-0.4, -0.2) is 39.8 Å². The summed E-state index contributed by atoms with van der Waals surface area (Å²) in [6, 6.07) is 2.01. The second-order valence-corrected chi connectivity index (χ2v) is 3.86. The predicted molar refractivity (Wildman–Crippen MR) is 56.2 cm³/mol. The standard InChI is InChI=1S/C11H16N2O2/c14-4-3-13-2-1-11-10(7-13)5-9(8-15)6-12-11/h5-6,14-15H,1-4,7-8H2. The molecule has 15 heavy (non-hydrogen) atoms. The smallest absolute Gasteiger partial charge is 0.0696 e. The van der Waals surface area contributed by atoms with Gasteiger partial charge in [-0.05, 0) is 17.2 Å². The van der Waals surface area contributed by atoms with Crippen molar-refractivity contribution in [2.24, 2.45) is 0 Å². The van der Waals surface area contributed by atoms with E-state index in [9.17, 15) is 0 Å². The van der Waals surface area contributed by atoms with Gasteiger partial charge in [-0.2, -0.15) is 0 Å². The van der Waals surface area contributed by atoms with E-state index < -0.39 is 0 Å². The summed E-state index contributed by atoms with van der Waals surface area (Å²) in [4.78, 5) is 6.54. The molecular formula is C11H16N2O2. The number of nitrogens with zero attached hydrogens (tertiary/aromatic N) is 2. The second kappa shape index (κ2) is 4.70. The maximum atomic E-state index is 9.01. The molecule has 0 saturated carbocycles. The highest BCUT2D eigenvalue weighted by atomic mass is 16.3. The molecule has 0 radical (unpaired) electrons. The van der Waals surface area contributed by atoms with Gasteiger partial charge >= 0.3 is 0 Å². The average Bonchev–Trinajstić information content (AvgIpc) is 2.28. The Morgan fingerprint density at radius 1 is 1.40 bits per heavy atom. The lowest BCUT2D eigenvalue weighted by atomic mass is 10.0. The number of rotatable bonds is 3. The van der Waals surface area contributed by atoms with E-state index in [0.29, 0.717) is 6.54 Å². The summed E-state index contributed by atoms with van der Waals surface area (Å²) >= 11 is 0. The van der Waals surface area contributed by atoms with Crippen LogP contribution in [0.25, 0.3) is 0 Å². The Balaban J connectivity index is 2.16. The van der Waals surface area contributed by atoms with Gasteiger partial charge in [-0.1, -0.05) is 0 Å². The van der Waals surface area contributed by atoms with Gasteiger partial charge in [0.15, 0.2) is 0 Å². The molecule has 4 nitrogen and oxygen atoms in total.